The number of hydroxylamine groups is 2. The van der Waals surface area contributed by atoms with E-state index in [0.29, 0.717) is 12.3 Å². The number of hydrogen-bond donors (Lipinski definition) is 2. The standard InChI is InChI=1S/C34H55NO4/c1-28(2,3)35(39)27(38)31(7)16-15-30(6)17-18-33(9)21(22(30)20-31)19-23(36)26-32(8)13-12-25(37)29(4,5)24(32)11-14-34(26,33)10/h19,22,24-26,37,39H,11-18,20H2,1-10H3/t22-,24?,25-,26+,30+,31-,32-,33+,34+/m0/s1. The molecule has 1 amide bonds. The molecule has 0 bridgehead atoms. The number of aliphatic hydroxyl groups is 1. The van der Waals surface area contributed by atoms with E-state index in [9.17, 15) is 19.9 Å². The van der Waals surface area contributed by atoms with Gasteiger partial charge in [-0.2, -0.15) is 0 Å². The molecule has 39 heavy (non-hydrogen) atoms. The molecule has 5 nitrogen and oxygen atoms in total. The first kappa shape index (κ1) is 29.3. The number of allylic oxidation sites excluding steroid dienone is 2. The van der Waals surface area contributed by atoms with Crippen molar-refractivity contribution in [3.8, 4) is 0 Å². The van der Waals surface area contributed by atoms with Crippen molar-refractivity contribution in [2.45, 2.75) is 139 Å². The first-order valence-corrected chi connectivity index (χ1v) is 15.7. The molecule has 5 rings (SSSR count). The van der Waals surface area contributed by atoms with Crippen LogP contribution in [-0.4, -0.2) is 38.7 Å². The second kappa shape index (κ2) is 8.43. The van der Waals surface area contributed by atoms with Crippen molar-refractivity contribution < 1.29 is 19.9 Å². The lowest BCUT2D eigenvalue weighted by Crippen LogP contribution is -2.66. The Morgan fingerprint density at radius 1 is 0.923 bits per heavy atom. The minimum absolute atomic E-state index is 0.0425. The van der Waals surface area contributed by atoms with Crippen molar-refractivity contribution in [3.63, 3.8) is 0 Å². The van der Waals surface area contributed by atoms with Gasteiger partial charge in [0, 0.05) is 11.3 Å². The van der Waals surface area contributed by atoms with Gasteiger partial charge in [0.1, 0.15) is 0 Å². The van der Waals surface area contributed by atoms with Crippen molar-refractivity contribution in [1.29, 1.82) is 0 Å². The van der Waals surface area contributed by atoms with Crippen LogP contribution in [0.1, 0.15) is 127 Å². The molecule has 0 saturated heterocycles. The van der Waals surface area contributed by atoms with Crippen molar-refractivity contribution in [2.24, 2.45) is 50.2 Å². The molecule has 0 radical (unpaired) electrons. The average Bonchev–Trinajstić information content (AvgIpc) is 2.82. The highest BCUT2D eigenvalue weighted by Gasteiger charge is 2.70. The van der Waals surface area contributed by atoms with Crippen LogP contribution in [0.2, 0.25) is 0 Å². The maximum atomic E-state index is 14.4. The monoisotopic (exact) mass is 541 g/mol. The first-order chi connectivity index (χ1) is 17.7. The quantitative estimate of drug-likeness (QED) is 0.269. The van der Waals surface area contributed by atoms with Crippen LogP contribution in [0.15, 0.2) is 11.6 Å². The predicted octanol–water partition coefficient (Wildman–Crippen LogP) is 7.34. The zero-order valence-electron chi connectivity index (χ0n) is 26.4. The predicted molar refractivity (Wildman–Crippen MR) is 154 cm³/mol. The van der Waals surface area contributed by atoms with Crippen molar-refractivity contribution >= 4 is 11.7 Å². The van der Waals surface area contributed by atoms with Crippen LogP contribution in [0, 0.1) is 50.2 Å². The van der Waals surface area contributed by atoms with Crippen LogP contribution >= 0.6 is 0 Å². The van der Waals surface area contributed by atoms with E-state index in [-0.39, 0.29) is 56.7 Å². The zero-order chi connectivity index (χ0) is 29.2. The Hall–Kier alpha value is -1.20. The van der Waals surface area contributed by atoms with Gasteiger partial charge in [0.05, 0.1) is 11.6 Å². The van der Waals surface area contributed by atoms with E-state index in [0.717, 1.165) is 56.4 Å². The molecule has 4 saturated carbocycles. The third-order valence-electron chi connectivity index (χ3n) is 13.9. The van der Waals surface area contributed by atoms with Gasteiger partial charge in [-0.05, 0) is 124 Å². The van der Waals surface area contributed by atoms with Gasteiger partial charge < -0.3 is 5.11 Å². The van der Waals surface area contributed by atoms with Crippen LogP contribution in [0.5, 0.6) is 0 Å². The summed E-state index contributed by atoms with van der Waals surface area (Å²) in [5.74, 6) is 0.535. The summed E-state index contributed by atoms with van der Waals surface area (Å²) >= 11 is 0. The summed E-state index contributed by atoms with van der Waals surface area (Å²) in [6, 6.07) is 0. The Morgan fingerprint density at radius 2 is 1.54 bits per heavy atom. The minimum atomic E-state index is -0.655. The third kappa shape index (κ3) is 3.76. The summed E-state index contributed by atoms with van der Waals surface area (Å²) < 4.78 is 0. The zero-order valence-corrected chi connectivity index (χ0v) is 26.4. The van der Waals surface area contributed by atoms with Gasteiger partial charge in [0.2, 0.25) is 0 Å². The number of nitrogens with zero attached hydrogens (tertiary/aromatic N) is 1. The van der Waals surface area contributed by atoms with E-state index < -0.39 is 11.0 Å². The highest BCUT2D eigenvalue weighted by Crippen LogP contribution is 2.75. The number of rotatable bonds is 1. The average molecular weight is 542 g/mol. The van der Waals surface area contributed by atoms with Gasteiger partial charge >= 0.3 is 0 Å². The molecule has 0 aromatic carbocycles. The number of ketones is 1. The summed E-state index contributed by atoms with van der Waals surface area (Å²) in [5.41, 5.74) is -0.527. The number of carbonyl (C=O) groups excluding carboxylic acids is 2. The topological polar surface area (TPSA) is 77.8 Å². The van der Waals surface area contributed by atoms with Gasteiger partial charge in [-0.15, -0.1) is 0 Å². The minimum Gasteiger partial charge on any atom is -0.393 e. The molecule has 4 fully saturated rings. The summed E-state index contributed by atoms with van der Waals surface area (Å²) in [4.78, 5) is 28.1. The van der Waals surface area contributed by atoms with Crippen LogP contribution in [0.3, 0.4) is 0 Å². The van der Waals surface area contributed by atoms with Crippen LogP contribution < -0.4 is 0 Å². The molecule has 0 spiro atoms. The lowest BCUT2D eigenvalue weighted by atomic mass is 9.33. The summed E-state index contributed by atoms with van der Waals surface area (Å²) in [7, 11) is 0. The maximum absolute atomic E-state index is 14.4. The molecule has 0 aromatic heterocycles. The SMILES string of the molecule is CC1(C)C2CC[C@]3(C)[C@H](C(=O)C=C4[C@@H]5C[C@@](C)(C(=O)N(O)C(C)(C)C)CC[C@]5(C)CC[C@]43C)[C@@]2(C)CC[C@@H]1O. The Morgan fingerprint density at radius 3 is 2.15 bits per heavy atom. The van der Waals surface area contributed by atoms with E-state index in [4.69, 9.17) is 0 Å². The molecule has 2 N–H and O–H groups in total. The number of carbonyl (C=O) groups is 2. The summed E-state index contributed by atoms with van der Waals surface area (Å²) in [6.45, 7) is 21.6. The van der Waals surface area contributed by atoms with Gasteiger partial charge in [0.25, 0.3) is 5.91 Å². The molecule has 5 heteroatoms. The van der Waals surface area contributed by atoms with Gasteiger partial charge in [0.15, 0.2) is 5.78 Å². The van der Waals surface area contributed by atoms with Gasteiger partial charge in [-0.3, -0.25) is 14.8 Å². The summed E-state index contributed by atoms with van der Waals surface area (Å²) in [5, 5.41) is 22.8. The Bertz CT molecular complexity index is 1100. The molecule has 0 heterocycles. The Kier molecular flexibility index (Phi) is 6.33. The Balaban J connectivity index is 1.57. The molecule has 1 unspecified atom stereocenters. The number of fused-ring (bicyclic) bond motifs is 7. The van der Waals surface area contributed by atoms with Crippen molar-refractivity contribution in [1.82, 2.24) is 5.06 Å². The second-order valence-electron chi connectivity index (χ2n) is 17.4. The van der Waals surface area contributed by atoms with E-state index in [1.165, 1.54) is 5.57 Å². The maximum Gasteiger partial charge on any atom is 0.252 e. The lowest BCUT2D eigenvalue weighted by Gasteiger charge is -2.70. The van der Waals surface area contributed by atoms with Gasteiger partial charge in [-0.1, -0.05) is 54.0 Å². The number of aliphatic hydroxyl groups excluding tert-OH is 1. The molecular formula is C34H55NO4. The Labute approximate surface area is 237 Å². The molecule has 5 aliphatic carbocycles. The van der Waals surface area contributed by atoms with Crippen LogP contribution in [0.25, 0.3) is 0 Å². The molecule has 220 valence electrons. The molecule has 5 aliphatic rings. The molecular weight excluding hydrogens is 486 g/mol. The smallest absolute Gasteiger partial charge is 0.252 e. The summed E-state index contributed by atoms with van der Waals surface area (Å²) in [6.07, 6.45) is 10.0. The van der Waals surface area contributed by atoms with Crippen LogP contribution in [-0.2, 0) is 9.59 Å². The van der Waals surface area contributed by atoms with Crippen molar-refractivity contribution in [3.05, 3.63) is 11.6 Å². The van der Waals surface area contributed by atoms with Crippen LogP contribution in [0.4, 0.5) is 0 Å². The fraction of sp³-hybridized carbons (Fsp3) is 0.882. The first-order valence-electron chi connectivity index (χ1n) is 15.7. The highest BCUT2D eigenvalue weighted by molar-refractivity contribution is 5.95. The van der Waals surface area contributed by atoms with E-state index in [1.807, 2.05) is 27.7 Å². The molecule has 0 aliphatic heterocycles. The fourth-order valence-electron chi connectivity index (χ4n) is 10.9. The number of hydrogen-bond acceptors (Lipinski definition) is 4. The van der Waals surface area contributed by atoms with E-state index in [2.05, 4.69) is 47.6 Å². The fourth-order valence-corrected chi connectivity index (χ4v) is 10.9. The largest absolute Gasteiger partial charge is 0.393 e. The highest BCUT2D eigenvalue weighted by atomic mass is 16.5. The number of amides is 1. The normalized spacial score (nSPS) is 49.1. The van der Waals surface area contributed by atoms with Crippen molar-refractivity contribution in [2.75, 3.05) is 0 Å². The van der Waals surface area contributed by atoms with Gasteiger partial charge in [-0.25, -0.2) is 5.06 Å². The molecule has 0 aromatic rings. The van der Waals surface area contributed by atoms with E-state index >= 15 is 0 Å². The second-order valence-corrected chi connectivity index (χ2v) is 17.4. The third-order valence-corrected chi connectivity index (χ3v) is 13.9. The lowest BCUT2D eigenvalue weighted by molar-refractivity contribution is -0.207. The molecule has 9 atom stereocenters. The van der Waals surface area contributed by atoms with E-state index in [1.54, 1.807) is 0 Å².